The molecule has 4 aromatic rings. The van der Waals surface area contributed by atoms with Gasteiger partial charge in [-0.05, 0) is 56.2 Å². The smallest absolute Gasteiger partial charge is 0.262 e. The van der Waals surface area contributed by atoms with Gasteiger partial charge >= 0.3 is 0 Å². The summed E-state index contributed by atoms with van der Waals surface area (Å²) in [6, 6.07) is 13.0. The molecule has 0 aliphatic heterocycles. The molecule has 0 aliphatic rings. The lowest BCUT2D eigenvalue weighted by molar-refractivity contribution is -0.115. The molecule has 0 fully saturated rings. The number of aromatic amines is 1. The highest BCUT2D eigenvalue weighted by Gasteiger charge is 2.19. The van der Waals surface area contributed by atoms with Crippen molar-refractivity contribution in [2.75, 3.05) is 5.32 Å². The number of nitrogens with one attached hydrogen (secondary N) is 2. The lowest BCUT2D eigenvalue weighted by atomic mass is 10.1. The van der Waals surface area contributed by atoms with E-state index in [0.717, 1.165) is 16.8 Å². The average molecular weight is 454 g/mol. The number of carbonyl (C=O) groups is 1. The molecular formula is C22H20ClN5O2S. The zero-order valence-electron chi connectivity index (χ0n) is 17.1. The van der Waals surface area contributed by atoms with Crippen molar-refractivity contribution < 1.29 is 4.79 Å². The van der Waals surface area contributed by atoms with Crippen molar-refractivity contribution in [1.82, 2.24) is 19.7 Å². The Balaban J connectivity index is 1.61. The highest BCUT2D eigenvalue weighted by atomic mass is 35.5. The van der Waals surface area contributed by atoms with Gasteiger partial charge in [0.15, 0.2) is 10.8 Å². The molecule has 9 heteroatoms. The van der Waals surface area contributed by atoms with Gasteiger partial charge in [0.05, 0.1) is 17.1 Å². The van der Waals surface area contributed by atoms with E-state index in [2.05, 4.69) is 20.4 Å². The Morgan fingerprint density at radius 1 is 1.23 bits per heavy atom. The van der Waals surface area contributed by atoms with Crippen LogP contribution in [0.3, 0.4) is 0 Å². The van der Waals surface area contributed by atoms with Crippen LogP contribution in [0.1, 0.15) is 18.1 Å². The van der Waals surface area contributed by atoms with Gasteiger partial charge in [-0.15, -0.1) is 0 Å². The Labute approximate surface area is 187 Å². The summed E-state index contributed by atoms with van der Waals surface area (Å²) in [5.41, 5.74) is 3.59. The third-order valence-electron chi connectivity index (χ3n) is 4.78. The number of amides is 1. The number of thioether (sulfide) groups is 1. The summed E-state index contributed by atoms with van der Waals surface area (Å²) in [4.78, 5) is 32.5. The van der Waals surface area contributed by atoms with Crippen LogP contribution in [0.4, 0.5) is 5.69 Å². The first-order valence-electron chi connectivity index (χ1n) is 9.60. The fraction of sp³-hybridized carbons (Fsp3) is 0.182. The summed E-state index contributed by atoms with van der Waals surface area (Å²) >= 11 is 7.26. The highest BCUT2D eigenvalue weighted by molar-refractivity contribution is 8.00. The molecule has 2 N–H and O–H groups in total. The molecule has 158 valence electrons. The van der Waals surface area contributed by atoms with Crippen LogP contribution in [0, 0.1) is 13.8 Å². The molecule has 2 heterocycles. The molecule has 0 spiro atoms. The highest BCUT2D eigenvalue weighted by Crippen LogP contribution is 2.24. The minimum absolute atomic E-state index is 0.176. The molecule has 0 radical (unpaired) electrons. The lowest BCUT2D eigenvalue weighted by Gasteiger charge is -2.13. The van der Waals surface area contributed by atoms with E-state index >= 15 is 0 Å². The number of benzene rings is 2. The lowest BCUT2D eigenvalue weighted by Crippen LogP contribution is -2.23. The van der Waals surface area contributed by atoms with Gasteiger partial charge in [0.2, 0.25) is 5.91 Å². The first-order valence-corrected chi connectivity index (χ1v) is 10.9. The van der Waals surface area contributed by atoms with E-state index in [4.69, 9.17) is 11.6 Å². The summed E-state index contributed by atoms with van der Waals surface area (Å²) in [6.07, 6.45) is 1.47. The molecule has 4 rings (SSSR count). The summed E-state index contributed by atoms with van der Waals surface area (Å²) < 4.78 is 1.56. The number of rotatable bonds is 5. The average Bonchev–Trinajstić information content (AvgIpc) is 3.15. The molecular weight excluding hydrogens is 434 g/mol. The number of aryl methyl sites for hydroxylation is 2. The van der Waals surface area contributed by atoms with Crippen LogP contribution in [-0.4, -0.2) is 30.9 Å². The summed E-state index contributed by atoms with van der Waals surface area (Å²) in [6.45, 7) is 5.68. The molecule has 31 heavy (non-hydrogen) atoms. The maximum atomic E-state index is 12.7. The molecule has 1 atom stereocenters. The molecule has 0 saturated heterocycles. The number of H-pyrrole nitrogens is 1. The van der Waals surface area contributed by atoms with Gasteiger partial charge in [0.1, 0.15) is 5.39 Å². The van der Waals surface area contributed by atoms with E-state index in [1.165, 1.54) is 18.0 Å². The minimum atomic E-state index is -0.483. The van der Waals surface area contributed by atoms with Crippen LogP contribution >= 0.6 is 23.4 Å². The second-order valence-electron chi connectivity index (χ2n) is 7.21. The quantitative estimate of drug-likeness (QED) is 0.343. The van der Waals surface area contributed by atoms with Crippen LogP contribution in [0.5, 0.6) is 0 Å². The SMILES string of the molecule is Cc1ccc(C)c(NC(=O)[C@H](C)Sc2nc3c(cnn3-c3cccc(Cl)c3)c(=O)[nH]2)c1. The van der Waals surface area contributed by atoms with Gasteiger partial charge < -0.3 is 10.3 Å². The zero-order chi connectivity index (χ0) is 22.1. The normalized spacial score (nSPS) is 12.1. The van der Waals surface area contributed by atoms with Crippen molar-refractivity contribution in [3.8, 4) is 5.69 Å². The molecule has 2 aromatic heterocycles. The Bertz CT molecular complexity index is 1350. The predicted octanol–water partition coefficient (Wildman–Crippen LogP) is 4.50. The molecule has 0 saturated carbocycles. The molecule has 0 unspecified atom stereocenters. The standard InChI is InChI=1S/C22H20ClN5O2S/c1-12-7-8-13(2)18(9-12)25-20(29)14(3)31-22-26-19-17(21(30)27-22)11-24-28(19)16-6-4-5-15(23)10-16/h4-11,14H,1-3H3,(H,25,29)(H,26,27,30)/t14-/m0/s1. The third-order valence-corrected chi connectivity index (χ3v) is 6.00. The Morgan fingerprint density at radius 2 is 2.03 bits per heavy atom. The van der Waals surface area contributed by atoms with Gasteiger partial charge in [-0.2, -0.15) is 5.10 Å². The first kappa shape index (κ1) is 21.1. The summed E-state index contributed by atoms with van der Waals surface area (Å²) in [5.74, 6) is -0.176. The number of hydrogen-bond donors (Lipinski definition) is 2. The van der Waals surface area contributed by atoms with Gasteiger partial charge in [0, 0.05) is 10.7 Å². The van der Waals surface area contributed by atoms with E-state index in [1.807, 2.05) is 38.1 Å². The van der Waals surface area contributed by atoms with Crippen molar-refractivity contribution in [2.24, 2.45) is 0 Å². The maximum Gasteiger partial charge on any atom is 0.262 e. The topological polar surface area (TPSA) is 92.7 Å². The summed E-state index contributed by atoms with van der Waals surface area (Å²) in [5, 5.41) is 8.00. The second-order valence-corrected chi connectivity index (χ2v) is 8.98. The number of hydrogen-bond acceptors (Lipinski definition) is 5. The summed E-state index contributed by atoms with van der Waals surface area (Å²) in [7, 11) is 0. The van der Waals surface area contributed by atoms with Gasteiger partial charge in [-0.1, -0.05) is 41.6 Å². The fourth-order valence-corrected chi connectivity index (χ4v) is 4.05. The Morgan fingerprint density at radius 3 is 2.81 bits per heavy atom. The van der Waals surface area contributed by atoms with Crippen LogP contribution in [0.25, 0.3) is 16.7 Å². The van der Waals surface area contributed by atoms with Gasteiger partial charge in [-0.25, -0.2) is 9.67 Å². The Hall–Kier alpha value is -3.10. The van der Waals surface area contributed by atoms with E-state index < -0.39 is 5.25 Å². The zero-order valence-corrected chi connectivity index (χ0v) is 18.7. The molecule has 1 amide bonds. The molecule has 0 aliphatic carbocycles. The fourth-order valence-electron chi connectivity index (χ4n) is 3.08. The Kier molecular flexibility index (Phi) is 5.84. The van der Waals surface area contributed by atoms with Crippen LogP contribution in [-0.2, 0) is 4.79 Å². The van der Waals surface area contributed by atoms with Crippen molar-refractivity contribution in [1.29, 1.82) is 0 Å². The van der Waals surface area contributed by atoms with Gasteiger partial charge in [-0.3, -0.25) is 9.59 Å². The molecule has 2 aromatic carbocycles. The van der Waals surface area contributed by atoms with Crippen molar-refractivity contribution in [2.45, 2.75) is 31.2 Å². The number of halogens is 1. The van der Waals surface area contributed by atoms with E-state index in [-0.39, 0.29) is 11.5 Å². The number of anilines is 1. The van der Waals surface area contributed by atoms with Crippen LogP contribution in [0.2, 0.25) is 5.02 Å². The predicted molar refractivity (Wildman–Crippen MR) is 124 cm³/mol. The van der Waals surface area contributed by atoms with Gasteiger partial charge in [0.25, 0.3) is 5.56 Å². The third kappa shape index (κ3) is 4.50. The molecule has 7 nitrogen and oxygen atoms in total. The van der Waals surface area contributed by atoms with Crippen molar-refractivity contribution in [3.05, 3.63) is 75.2 Å². The number of aromatic nitrogens is 4. The van der Waals surface area contributed by atoms with Crippen molar-refractivity contribution in [3.63, 3.8) is 0 Å². The minimum Gasteiger partial charge on any atom is -0.325 e. The largest absolute Gasteiger partial charge is 0.325 e. The van der Waals surface area contributed by atoms with E-state index in [9.17, 15) is 9.59 Å². The van der Waals surface area contributed by atoms with Crippen LogP contribution in [0.15, 0.2) is 58.6 Å². The van der Waals surface area contributed by atoms with E-state index in [0.29, 0.717) is 26.9 Å². The number of carbonyl (C=O) groups excluding carboxylic acids is 1. The van der Waals surface area contributed by atoms with E-state index in [1.54, 1.807) is 29.8 Å². The monoisotopic (exact) mass is 453 g/mol. The van der Waals surface area contributed by atoms with Crippen molar-refractivity contribution >= 4 is 46.0 Å². The second kappa shape index (κ2) is 8.56. The number of fused-ring (bicyclic) bond motifs is 1. The van der Waals surface area contributed by atoms with Crippen LogP contribution < -0.4 is 10.9 Å². The first-order chi connectivity index (χ1) is 14.8. The molecule has 0 bridgehead atoms. The maximum absolute atomic E-state index is 12.7. The number of nitrogens with zero attached hydrogens (tertiary/aromatic N) is 3.